The Kier molecular flexibility index (Phi) is 5.98. The van der Waals surface area contributed by atoms with E-state index in [0.29, 0.717) is 16.9 Å². The number of carbonyl (C=O) groups is 3. The quantitative estimate of drug-likeness (QED) is 0.478. The van der Waals surface area contributed by atoms with E-state index in [1.54, 1.807) is 24.3 Å². The second-order valence-corrected chi connectivity index (χ2v) is 12.1. The molecule has 2 fully saturated rings. The summed E-state index contributed by atoms with van der Waals surface area (Å²) in [5, 5.41) is 2.63. The molecule has 180 valence electrons. The van der Waals surface area contributed by atoms with Crippen LogP contribution >= 0.6 is 24.0 Å². The third-order valence-corrected chi connectivity index (χ3v) is 9.10. The molecular weight excluding hydrogens is 513 g/mol. The lowest BCUT2D eigenvalue weighted by molar-refractivity contribution is -0.123. The lowest BCUT2D eigenvalue weighted by atomic mass is 10.1. The van der Waals surface area contributed by atoms with Gasteiger partial charge in [0.25, 0.3) is 11.8 Å². The molecule has 5 rings (SSSR count). The molecular formula is C23H18FN3O5S3. The van der Waals surface area contributed by atoms with Gasteiger partial charge in [-0.25, -0.2) is 12.8 Å². The van der Waals surface area contributed by atoms with Crippen molar-refractivity contribution in [2.24, 2.45) is 0 Å². The van der Waals surface area contributed by atoms with Gasteiger partial charge in [-0.3, -0.25) is 24.2 Å². The Morgan fingerprint density at radius 3 is 2.51 bits per heavy atom. The predicted molar refractivity (Wildman–Crippen MR) is 135 cm³/mol. The Morgan fingerprint density at radius 2 is 1.83 bits per heavy atom. The van der Waals surface area contributed by atoms with Gasteiger partial charge in [-0.15, -0.1) is 0 Å². The molecule has 3 heterocycles. The van der Waals surface area contributed by atoms with Crippen molar-refractivity contribution in [2.75, 3.05) is 28.3 Å². The highest BCUT2D eigenvalue weighted by Crippen LogP contribution is 2.45. The molecule has 0 spiro atoms. The molecule has 2 aromatic rings. The van der Waals surface area contributed by atoms with E-state index in [2.05, 4.69) is 5.32 Å². The molecule has 0 bridgehead atoms. The Morgan fingerprint density at radius 1 is 1.11 bits per heavy atom. The van der Waals surface area contributed by atoms with Crippen LogP contribution in [0.3, 0.4) is 0 Å². The summed E-state index contributed by atoms with van der Waals surface area (Å²) in [5.74, 6) is -2.15. The summed E-state index contributed by atoms with van der Waals surface area (Å²) in [7, 11) is -3.25. The van der Waals surface area contributed by atoms with Crippen LogP contribution in [-0.4, -0.2) is 59.5 Å². The summed E-state index contributed by atoms with van der Waals surface area (Å²) < 4.78 is 37.2. The van der Waals surface area contributed by atoms with Crippen LogP contribution in [0.4, 0.5) is 15.8 Å². The van der Waals surface area contributed by atoms with Gasteiger partial charge in [-0.05, 0) is 36.8 Å². The van der Waals surface area contributed by atoms with E-state index >= 15 is 0 Å². The van der Waals surface area contributed by atoms with Crippen LogP contribution in [0.1, 0.15) is 12.0 Å². The van der Waals surface area contributed by atoms with Crippen LogP contribution in [-0.2, 0) is 24.2 Å². The van der Waals surface area contributed by atoms with Crippen molar-refractivity contribution >= 4 is 72.8 Å². The molecule has 0 saturated carbocycles. The maximum atomic E-state index is 13.5. The summed E-state index contributed by atoms with van der Waals surface area (Å²) in [6.45, 7) is -0.322. The molecule has 0 aliphatic carbocycles. The lowest BCUT2D eigenvalue weighted by Crippen LogP contribution is -2.39. The van der Waals surface area contributed by atoms with E-state index < -0.39 is 39.4 Å². The minimum atomic E-state index is -3.25. The van der Waals surface area contributed by atoms with Crippen molar-refractivity contribution in [3.05, 3.63) is 64.8 Å². The minimum absolute atomic E-state index is 0.0145. The van der Waals surface area contributed by atoms with E-state index in [4.69, 9.17) is 12.2 Å². The smallest absolute Gasteiger partial charge is 0.267 e. The molecule has 0 aromatic heterocycles. The second kappa shape index (κ2) is 8.85. The number of fused-ring (bicyclic) bond motifs is 1. The van der Waals surface area contributed by atoms with Gasteiger partial charge in [0, 0.05) is 11.3 Å². The number of thiocarbonyl (C=S) groups is 1. The predicted octanol–water partition coefficient (Wildman–Crippen LogP) is 2.57. The fourth-order valence-electron chi connectivity index (χ4n) is 4.36. The molecule has 2 saturated heterocycles. The van der Waals surface area contributed by atoms with Crippen LogP contribution in [0, 0.1) is 5.82 Å². The number of para-hydroxylation sites is 1. The van der Waals surface area contributed by atoms with Crippen molar-refractivity contribution in [3.8, 4) is 0 Å². The molecule has 3 amide bonds. The van der Waals surface area contributed by atoms with Crippen LogP contribution in [0.25, 0.3) is 5.57 Å². The van der Waals surface area contributed by atoms with Gasteiger partial charge in [0.2, 0.25) is 5.91 Å². The van der Waals surface area contributed by atoms with Gasteiger partial charge in [-0.1, -0.05) is 42.2 Å². The molecule has 1 atom stereocenters. The van der Waals surface area contributed by atoms with E-state index in [-0.39, 0.29) is 39.3 Å². The standard InChI is InChI=1S/C23H18FN3O5S3/c24-13-5-7-14(8-6-13)25-18(28)11-26-17-4-2-1-3-16(17)19(21(26)29)20-22(30)27(23(33)34-20)15-9-10-35(31,32)12-15/h1-8,15H,9-12H2,(H,25,28)/b20-19-/t15-/m0/s1. The van der Waals surface area contributed by atoms with E-state index in [1.165, 1.54) is 34.1 Å². The molecule has 8 nitrogen and oxygen atoms in total. The second-order valence-electron chi connectivity index (χ2n) is 8.27. The highest BCUT2D eigenvalue weighted by Gasteiger charge is 2.46. The Balaban J connectivity index is 1.44. The van der Waals surface area contributed by atoms with Gasteiger partial charge in [-0.2, -0.15) is 0 Å². The number of thioether (sulfide) groups is 1. The number of nitrogens with zero attached hydrogens (tertiary/aromatic N) is 2. The zero-order valence-electron chi connectivity index (χ0n) is 18.1. The lowest BCUT2D eigenvalue weighted by Gasteiger charge is -2.21. The van der Waals surface area contributed by atoms with Gasteiger partial charge < -0.3 is 5.32 Å². The number of anilines is 2. The molecule has 0 radical (unpaired) electrons. The third kappa shape index (κ3) is 4.37. The number of benzene rings is 2. The van der Waals surface area contributed by atoms with Gasteiger partial charge >= 0.3 is 0 Å². The molecule has 3 aliphatic heterocycles. The Hall–Kier alpha value is -3.09. The largest absolute Gasteiger partial charge is 0.325 e. The number of hydrogen-bond acceptors (Lipinski definition) is 7. The summed E-state index contributed by atoms with van der Waals surface area (Å²) in [5.41, 5.74) is 1.47. The first-order chi connectivity index (χ1) is 16.6. The molecule has 3 aliphatic rings. The Labute approximate surface area is 210 Å². The summed E-state index contributed by atoms with van der Waals surface area (Å²) >= 11 is 6.35. The highest BCUT2D eigenvalue weighted by molar-refractivity contribution is 8.26. The fraction of sp³-hybridized carbons (Fsp3) is 0.217. The van der Waals surface area contributed by atoms with E-state index in [0.717, 1.165) is 11.8 Å². The average molecular weight is 532 g/mol. The average Bonchev–Trinajstić information content (AvgIpc) is 3.40. The number of rotatable bonds is 4. The zero-order chi connectivity index (χ0) is 24.9. The summed E-state index contributed by atoms with van der Waals surface area (Å²) in [6.07, 6.45) is 0.289. The number of halogens is 1. The van der Waals surface area contributed by atoms with Crippen molar-refractivity contribution in [1.82, 2.24) is 4.90 Å². The van der Waals surface area contributed by atoms with Crippen molar-refractivity contribution < 1.29 is 27.2 Å². The van der Waals surface area contributed by atoms with Crippen LogP contribution in [0.5, 0.6) is 0 Å². The first-order valence-electron chi connectivity index (χ1n) is 10.6. The molecule has 12 heteroatoms. The Bertz CT molecular complexity index is 1420. The van der Waals surface area contributed by atoms with Gasteiger partial charge in [0.15, 0.2) is 9.84 Å². The molecule has 35 heavy (non-hydrogen) atoms. The maximum absolute atomic E-state index is 13.5. The first kappa shape index (κ1) is 23.6. The summed E-state index contributed by atoms with van der Waals surface area (Å²) in [6, 6.07) is 11.5. The molecule has 0 unspecified atom stereocenters. The zero-order valence-corrected chi connectivity index (χ0v) is 20.5. The normalized spacial score (nSPS) is 23.2. The van der Waals surface area contributed by atoms with Crippen molar-refractivity contribution in [3.63, 3.8) is 0 Å². The summed E-state index contributed by atoms with van der Waals surface area (Å²) in [4.78, 5) is 42.2. The van der Waals surface area contributed by atoms with E-state index in [9.17, 15) is 27.2 Å². The highest BCUT2D eigenvalue weighted by atomic mass is 32.2. The van der Waals surface area contributed by atoms with E-state index in [1.807, 2.05) is 0 Å². The number of sulfone groups is 1. The molecule has 2 aromatic carbocycles. The number of amides is 3. The fourth-order valence-corrected chi connectivity index (χ4v) is 7.53. The van der Waals surface area contributed by atoms with Crippen LogP contribution in [0.2, 0.25) is 0 Å². The number of nitrogens with one attached hydrogen (secondary N) is 1. The first-order valence-corrected chi connectivity index (χ1v) is 13.7. The molecule has 1 N–H and O–H groups in total. The maximum Gasteiger partial charge on any atom is 0.267 e. The number of carbonyl (C=O) groups excluding carboxylic acids is 3. The third-order valence-electron chi connectivity index (χ3n) is 5.95. The topological polar surface area (TPSA) is 104 Å². The minimum Gasteiger partial charge on any atom is -0.325 e. The van der Waals surface area contributed by atoms with Crippen LogP contribution < -0.4 is 10.2 Å². The monoisotopic (exact) mass is 531 g/mol. The van der Waals surface area contributed by atoms with Gasteiger partial charge in [0.1, 0.15) is 16.7 Å². The van der Waals surface area contributed by atoms with Crippen LogP contribution in [0.15, 0.2) is 53.4 Å². The van der Waals surface area contributed by atoms with Gasteiger partial charge in [0.05, 0.1) is 33.7 Å². The van der Waals surface area contributed by atoms with Crippen molar-refractivity contribution in [2.45, 2.75) is 12.5 Å². The SMILES string of the molecule is O=C(CN1C(=O)/C(=C2\SC(=S)N([C@H]3CCS(=O)(=O)C3)C2=O)c2ccccc21)Nc1ccc(F)cc1. The van der Waals surface area contributed by atoms with Crippen molar-refractivity contribution in [1.29, 1.82) is 0 Å². The number of hydrogen-bond donors (Lipinski definition) is 1.